The van der Waals surface area contributed by atoms with Crippen LogP contribution in [0.5, 0.6) is 0 Å². The molecule has 0 saturated carbocycles. The molecule has 0 spiro atoms. The molecule has 0 atom stereocenters. The highest BCUT2D eigenvalue weighted by Crippen LogP contribution is 2.21. The summed E-state index contributed by atoms with van der Waals surface area (Å²) in [5.74, 6) is -0.797. The highest BCUT2D eigenvalue weighted by atomic mass is 35.5. The predicted molar refractivity (Wildman–Crippen MR) is 88.2 cm³/mol. The number of benzene rings is 1. The van der Waals surface area contributed by atoms with E-state index in [9.17, 15) is 8.78 Å². The van der Waals surface area contributed by atoms with Gasteiger partial charge in [0.05, 0.1) is 11.9 Å². The van der Waals surface area contributed by atoms with Crippen molar-refractivity contribution in [1.82, 2.24) is 24.3 Å². The van der Waals surface area contributed by atoms with E-state index in [1.165, 1.54) is 6.07 Å². The summed E-state index contributed by atoms with van der Waals surface area (Å²) in [6, 6.07) is 6.51. The number of nitrogens with zero attached hydrogens (tertiary/aromatic N) is 5. The van der Waals surface area contributed by atoms with Crippen LogP contribution in [0.1, 0.15) is 11.3 Å². The fourth-order valence-corrected chi connectivity index (χ4v) is 2.63. The van der Waals surface area contributed by atoms with Gasteiger partial charge in [0.15, 0.2) is 22.4 Å². The Kier molecular flexibility index (Phi) is 3.85. The molecule has 0 fully saturated rings. The molecular formula is C17H10ClF2N5. The monoisotopic (exact) mass is 357 g/mol. The first-order valence-electron chi connectivity index (χ1n) is 7.36. The summed E-state index contributed by atoms with van der Waals surface area (Å²) in [6.45, 7) is 0. The molecule has 4 aromatic rings. The van der Waals surface area contributed by atoms with Crippen LogP contribution in [0.3, 0.4) is 0 Å². The van der Waals surface area contributed by atoms with Crippen LogP contribution < -0.4 is 0 Å². The number of imidazole rings is 1. The molecule has 25 heavy (non-hydrogen) atoms. The molecular weight excluding hydrogens is 348 g/mol. The normalized spacial score (nSPS) is 11.2. The lowest BCUT2D eigenvalue weighted by Crippen LogP contribution is -1.99. The van der Waals surface area contributed by atoms with E-state index in [1.807, 2.05) is 0 Å². The molecule has 1 aromatic carbocycles. The van der Waals surface area contributed by atoms with Crippen LogP contribution in [0.25, 0.3) is 17.2 Å². The second kappa shape index (κ2) is 6.18. The largest absolute Gasteiger partial charge is 0.303 e. The molecule has 0 aliphatic carbocycles. The van der Waals surface area contributed by atoms with E-state index in [1.54, 1.807) is 41.2 Å². The maximum atomic E-state index is 13.9. The Bertz CT molecular complexity index is 1080. The fraction of sp³-hybridized carbons (Fsp3) is 0.0588. The van der Waals surface area contributed by atoms with Gasteiger partial charge < -0.3 is 4.40 Å². The average Bonchev–Trinajstić information content (AvgIpc) is 3.04. The lowest BCUT2D eigenvalue weighted by molar-refractivity contribution is 0.613. The van der Waals surface area contributed by atoms with Crippen molar-refractivity contribution in [2.75, 3.05) is 0 Å². The molecule has 0 saturated heterocycles. The average molecular weight is 358 g/mol. The van der Waals surface area contributed by atoms with Crippen LogP contribution in [0.15, 0.2) is 49.1 Å². The molecule has 4 rings (SSSR count). The Morgan fingerprint density at radius 2 is 1.88 bits per heavy atom. The van der Waals surface area contributed by atoms with Gasteiger partial charge in [0.25, 0.3) is 0 Å². The van der Waals surface area contributed by atoms with Gasteiger partial charge in [-0.1, -0.05) is 29.8 Å². The quantitative estimate of drug-likeness (QED) is 0.524. The number of fused-ring (bicyclic) bond motifs is 1. The Morgan fingerprint density at radius 3 is 2.68 bits per heavy atom. The van der Waals surface area contributed by atoms with E-state index in [0.29, 0.717) is 29.0 Å². The van der Waals surface area contributed by atoms with Crippen molar-refractivity contribution in [1.29, 1.82) is 0 Å². The number of rotatable bonds is 3. The van der Waals surface area contributed by atoms with Crippen LogP contribution in [-0.2, 0) is 6.42 Å². The van der Waals surface area contributed by atoms with Crippen LogP contribution in [0.2, 0.25) is 5.15 Å². The molecule has 5 nitrogen and oxygen atoms in total. The predicted octanol–water partition coefficient (Wildman–Crippen LogP) is 3.71. The van der Waals surface area contributed by atoms with E-state index in [4.69, 9.17) is 11.6 Å². The highest BCUT2D eigenvalue weighted by Gasteiger charge is 2.14. The Labute approximate surface area is 146 Å². The first kappa shape index (κ1) is 15.6. The van der Waals surface area contributed by atoms with Crippen molar-refractivity contribution >= 4 is 17.2 Å². The van der Waals surface area contributed by atoms with Crippen LogP contribution in [-0.4, -0.2) is 24.3 Å². The zero-order chi connectivity index (χ0) is 17.4. The van der Waals surface area contributed by atoms with Gasteiger partial charge in [-0.3, -0.25) is 4.98 Å². The van der Waals surface area contributed by atoms with E-state index >= 15 is 0 Å². The van der Waals surface area contributed by atoms with Crippen molar-refractivity contribution in [3.63, 3.8) is 0 Å². The zero-order valence-corrected chi connectivity index (χ0v) is 13.5. The third-order valence-corrected chi connectivity index (χ3v) is 3.96. The van der Waals surface area contributed by atoms with Crippen molar-refractivity contribution in [3.8, 4) is 11.5 Å². The van der Waals surface area contributed by atoms with Crippen LogP contribution >= 0.6 is 11.6 Å². The molecule has 3 aromatic heterocycles. The van der Waals surface area contributed by atoms with Gasteiger partial charge in [0.2, 0.25) is 0 Å². The summed E-state index contributed by atoms with van der Waals surface area (Å²) in [6.07, 6.45) is 6.28. The van der Waals surface area contributed by atoms with E-state index < -0.39 is 5.82 Å². The van der Waals surface area contributed by atoms with Gasteiger partial charge >= 0.3 is 0 Å². The van der Waals surface area contributed by atoms with Gasteiger partial charge in [0, 0.05) is 25.0 Å². The second-order valence-corrected chi connectivity index (χ2v) is 5.69. The van der Waals surface area contributed by atoms with Crippen molar-refractivity contribution in [3.05, 3.63) is 77.1 Å². The molecule has 0 aliphatic heterocycles. The van der Waals surface area contributed by atoms with Gasteiger partial charge in [-0.05, 0) is 11.6 Å². The van der Waals surface area contributed by atoms with Gasteiger partial charge in [-0.15, -0.1) is 0 Å². The van der Waals surface area contributed by atoms with Gasteiger partial charge in [0.1, 0.15) is 11.5 Å². The summed E-state index contributed by atoms with van der Waals surface area (Å²) in [5, 5.41) is -0.272. The maximum absolute atomic E-state index is 13.9. The topological polar surface area (TPSA) is 56.0 Å². The summed E-state index contributed by atoms with van der Waals surface area (Å²) >= 11 is 5.70. The van der Waals surface area contributed by atoms with E-state index in [2.05, 4.69) is 19.9 Å². The molecule has 0 bridgehead atoms. The molecule has 0 amide bonds. The van der Waals surface area contributed by atoms with Crippen LogP contribution in [0.4, 0.5) is 8.78 Å². The van der Waals surface area contributed by atoms with Crippen molar-refractivity contribution in [2.45, 2.75) is 6.42 Å². The minimum Gasteiger partial charge on any atom is -0.303 e. The number of aromatic nitrogens is 5. The molecule has 0 unspecified atom stereocenters. The molecule has 0 aliphatic rings. The third kappa shape index (κ3) is 2.94. The molecule has 124 valence electrons. The van der Waals surface area contributed by atoms with Gasteiger partial charge in [-0.25, -0.2) is 23.7 Å². The van der Waals surface area contributed by atoms with E-state index in [-0.39, 0.29) is 16.8 Å². The number of halogens is 3. The standard InChI is InChI=1S/C17H10ClF2N5/c18-15-12(20)8-22-16(24-15)14-9-25-6-5-21-13(17(25)23-14)7-10-3-1-2-4-11(10)19/h1-6,8-9H,7H2. The molecule has 0 radical (unpaired) electrons. The Hall–Kier alpha value is -2.93. The lowest BCUT2D eigenvalue weighted by Gasteiger charge is -2.04. The zero-order valence-electron chi connectivity index (χ0n) is 12.7. The summed E-state index contributed by atoms with van der Waals surface area (Å²) < 4.78 is 28.9. The van der Waals surface area contributed by atoms with Crippen molar-refractivity contribution < 1.29 is 8.78 Å². The SMILES string of the molecule is Fc1ccccc1Cc1nccn2cc(-c3ncc(F)c(Cl)n3)nc12. The molecule has 8 heteroatoms. The van der Waals surface area contributed by atoms with Gasteiger partial charge in [-0.2, -0.15) is 0 Å². The smallest absolute Gasteiger partial charge is 0.181 e. The Morgan fingerprint density at radius 1 is 1.04 bits per heavy atom. The fourth-order valence-electron chi connectivity index (χ4n) is 2.50. The minimum absolute atomic E-state index is 0.201. The lowest BCUT2D eigenvalue weighted by atomic mass is 10.1. The summed E-state index contributed by atoms with van der Waals surface area (Å²) in [5.41, 5.74) is 2.09. The Balaban J connectivity index is 1.78. The van der Waals surface area contributed by atoms with Crippen molar-refractivity contribution in [2.24, 2.45) is 0 Å². The minimum atomic E-state index is -0.698. The maximum Gasteiger partial charge on any atom is 0.181 e. The summed E-state index contributed by atoms with van der Waals surface area (Å²) in [4.78, 5) is 16.6. The first-order valence-corrected chi connectivity index (χ1v) is 7.74. The first-order chi connectivity index (χ1) is 12.1. The third-order valence-electron chi connectivity index (χ3n) is 3.69. The van der Waals surface area contributed by atoms with E-state index in [0.717, 1.165) is 6.20 Å². The highest BCUT2D eigenvalue weighted by molar-refractivity contribution is 6.29. The molecule has 0 N–H and O–H groups in total. The number of hydrogen-bond acceptors (Lipinski definition) is 4. The molecule has 3 heterocycles. The number of hydrogen-bond donors (Lipinski definition) is 0. The second-order valence-electron chi connectivity index (χ2n) is 5.33. The summed E-state index contributed by atoms with van der Waals surface area (Å²) in [7, 11) is 0. The van der Waals surface area contributed by atoms with Crippen LogP contribution in [0, 0.1) is 11.6 Å².